The predicted molar refractivity (Wildman–Crippen MR) is 59.7 cm³/mol. The molecule has 0 aliphatic heterocycles. The molecule has 0 heteroatoms. The van der Waals surface area contributed by atoms with Gasteiger partial charge in [0.25, 0.3) is 0 Å². The maximum atomic E-state index is 4.14. The topological polar surface area (TPSA) is 0 Å². The van der Waals surface area contributed by atoms with Crippen molar-refractivity contribution in [2.24, 2.45) is 10.8 Å². The normalized spacial score (nSPS) is 30.2. The van der Waals surface area contributed by atoms with Crippen LogP contribution in [0.1, 0.15) is 47.5 Å². The minimum absolute atomic E-state index is 0.368. The van der Waals surface area contributed by atoms with Gasteiger partial charge in [0.2, 0.25) is 0 Å². The lowest BCUT2D eigenvalue weighted by Crippen LogP contribution is -2.34. The molecule has 1 aliphatic carbocycles. The minimum Gasteiger partial charge on any atom is -0.0956 e. The molecule has 0 nitrogen and oxygen atoms in total. The fourth-order valence-electron chi connectivity index (χ4n) is 1.78. The Labute approximate surface area is 82.7 Å². The number of hydrogen-bond donors (Lipinski definition) is 0. The molecule has 0 saturated carbocycles. The zero-order valence-corrected chi connectivity index (χ0v) is 9.70. The van der Waals surface area contributed by atoms with Crippen molar-refractivity contribution in [2.75, 3.05) is 0 Å². The summed E-state index contributed by atoms with van der Waals surface area (Å²) in [5.74, 6) is 0. The number of rotatable bonds is 0. The highest BCUT2D eigenvalue weighted by molar-refractivity contribution is 5.31. The third kappa shape index (κ3) is 1.87. The summed E-state index contributed by atoms with van der Waals surface area (Å²) in [5, 5.41) is 0. The first kappa shape index (κ1) is 10.6. The Morgan fingerprint density at radius 3 is 2.31 bits per heavy atom. The van der Waals surface area contributed by atoms with E-state index in [0.29, 0.717) is 10.8 Å². The summed E-state index contributed by atoms with van der Waals surface area (Å²) < 4.78 is 0. The van der Waals surface area contributed by atoms with Crippen LogP contribution in [0.25, 0.3) is 0 Å². The largest absolute Gasteiger partial charge is 0.0956 e. The molecule has 1 atom stereocenters. The van der Waals surface area contributed by atoms with Crippen LogP contribution in [0.3, 0.4) is 0 Å². The van der Waals surface area contributed by atoms with Gasteiger partial charge in [-0.15, -0.1) is 0 Å². The molecule has 74 valence electrons. The van der Waals surface area contributed by atoms with E-state index in [1.54, 1.807) is 0 Å². The molecule has 0 amide bonds. The summed E-state index contributed by atoms with van der Waals surface area (Å²) in [6, 6.07) is 0. The third-order valence-electron chi connectivity index (χ3n) is 3.83. The molecule has 0 N–H and O–H groups in total. The van der Waals surface area contributed by atoms with Gasteiger partial charge < -0.3 is 0 Å². The fraction of sp³-hybridized carbons (Fsp3) is 0.692. The molecule has 0 saturated heterocycles. The molecule has 0 bridgehead atoms. The highest BCUT2D eigenvalue weighted by Gasteiger charge is 2.38. The van der Waals surface area contributed by atoms with Crippen molar-refractivity contribution in [2.45, 2.75) is 47.5 Å². The van der Waals surface area contributed by atoms with Crippen LogP contribution in [0.2, 0.25) is 0 Å². The van der Waals surface area contributed by atoms with Crippen LogP contribution in [-0.2, 0) is 0 Å². The van der Waals surface area contributed by atoms with Gasteiger partial charge in [-0.2, -0.15) is 0 Å². The molecule has 0 aromatic carbocycles. The average Bonchev–Trinajstić information content (AvgIpc) is 1.95. The Kier molecular flexibility index (Phi) is 2.44. The third-order valence-corrected chi connectivity index (χ3v) is 3.83. The Bertz CT molecular complexity index is 250. The molecule has 0 radical (unpaired) electrons. The van der Waals surface area contributed by atoms with Gasteiger partial charge in [0.15, 0.2) is 0 Å². The molecule has 0 spiro atoms. The van der Waals surface area contributed by atoms with E-state index in [1.807, 2.05) is 0 Å². The van der Waals surface area contributed by atoms with Crippen LogP contribution < -0.4 is 0 Å². The van der Waals surface area contributed by atoms with Crippen LogP contribution in [0, 0.1) is 10.8 Å². The zero-order valence-electron chi connectivity index (χ0n) is 9.70. The number of hydrogen-bond acceptors (Lipinski definition) is 0. The lowest BCUT2D eigenvalue weighted by Gasteiger charge is -2.44. The van der Waals surface area contributed by atoms with Crippen molar-refractivity contribution >= 4 is 0 Å². The molecular weight excluding hydrogens is 156 g/mol. The Morgan fingerprint density at radius 1 is 1.38 bits per heavy atom. The smallest absolute Gasteiger partial charge is 0.0202 e. The molecule has 0 aromatic heterocycles. The first-order valence-electron chi connectivity index (χ1n) is 5.11. The maximum Gasteiger partial charge on any atom is -0.0202 e. The molecule has 1 aliphatic rings. The van der Waals surface area contributed by atoms with E-state index in [2.05, 4.69) is 47.3 Å². The summed E-state index contributed by atoms with van der Waals surface area (Å²) >= 11 is 0. The van der Waals surface area contributed by atoms with Crippen LogP contribution in [0.15, 0.2) is 23.8 Å². The summed E-state index contributed by atoms with van der Waals surface area (Å²) in [7, 11) is 0. The van der Waals surface area contributed by atoms with E-state index in [-0.39, 0.29) is 0 Å². The van der Waals surface area contributed by atoms with E-state index in [0.717, 1.165) is 6.42 Å². The first-order valence-corrected chi connectivity index (χ1v) is 5.11. The Balaban J connectivity index is 2.94. The predicted octanol–water partition coefficient (Wildman–Crippen LogP) is 4.34. The summed E-state index contributed by atoms with van der Waals surface area (Å²) in [6.45, 7) is 15.7. The van der Waals surface area contributed by atoms with E-state index in [1.165, 1.54) is 17.6 Å². The van der Waals surface area contributed by atoms with E-state index in [9.17, 15) is 0 Å². The molecule has 1 rings (SSSR count). The van der Waals surface area contributed by atoms with Crippen LogP contribution in [0.4, 0.5) is 0 Å². The summed E-state index contributed by atoms with van der Waals surface area (Å²) in [5.41, 5.74) is 3.47. The van der Waals surface area contributed by atoms with Gasteiger partial charge in [0.1, 0.15) is 0 Å². The second-order valence-electron chi connectivity index (χ2n) is 5.68. The molecule has 0 aromatic rings. The van der Waals surface area contributed by atoms with Crippen molar-refractivity contribution in [3.8, 4) is 0 Å². The highest BCUT2D eigenvalue weighted by Crippen LogP contribution is 2.49. The van der Waals surface area contributed by atoms with Crippen molar-refractivity contribution in [1.82, 2.24) is 0 Å². The van der Waals surface area contributed by atoms with Gasteiger partial charge in [-0.3, -0.25) is 0 Å². The second-order valence-corrected chi connectivity index (χ2v) is 5.68. The van der Waals surface area contributed by atoms with Crippen molar-refractivity contribution in [3.63, 3.8) is 0 Å². The highest BCUT2D eigenvalue weighted by atomic mass is 14.4. The van der Waals surface area contributed by atoms with Gasteiger partial charge in [-0.1, -0.05) is 51.5 Å². The van der Waals surface area contributed by atoms with Gasteiger partial charge in [0.05, 0.1) is 0 Å². The average molecular weight is 178 g/mol. The lowest BCUT2D eigenvalue weighted by molar-refractivity contribution is 0.108. The summed E-state index contributed by atoms with van der Waals surface area (Å²) in [6.07, 6.45) is 4.69. The minimum atomic E-state index is 0.368. The molecular formula is C13H22. The van der Waals surface area contributed by atoms with E-state index >= 15 is 0 Å². The zero-order chi connectivity index (χ0) is 10.3. The van der Waals surface area contributed by atoms with Crippen LogP contribution in [0.5, 0.6) is 0 Å². The van der Waals surface area contributed by atoms with Gasteiger partial charge in [-0.05, 0) is 30.6 Å². The maximum absolute atomic E-state index is 4.14. The van der Waals surface area contributed by atoms with E-state index in [4.69, 9.17) is 0 Å². The van der Waals surface area contributed by atoms with Crippen LogP contribution >= 0.6 is 0 Å². The molecule has 1 unspecified atom stereocenters. The van der Waals surface area contributed by atoms with Gasteiger partial charge >= 0.3 is 0 Å². The summed E-state index contributed by atoms with van der Waals surface area (Å²) in [4.78, 5) is 0. The fourth-order valence-corrected chi connectivity index (χ4v) is 1.78. The Hall–Kier alpha value is -0.520. The lowest BCUT2D eigenvalue weighted by atomic mass is 9.60. The van der Waals surface area contributed by atoms with Gasteiger partial charge in [0, 0.05) is 0 Å². The van der Waals surface area contributed by atoms with Crippen molar-refractivity contribution < 1.29 is 0 Å². The van der Waals surface area contributed by atoms with E-state index < -0.39 is 0 Å². The quantitative estimate of drug-likeness (QED) is 0.518. The monoisotopic (exact) mass is 178 g/mol. The number of allylic oxidation sites excluding steroid dienone is 3. The van der Waals surface area contributed by atoms with Gasteiger partial charge in [-0.25, -0.2) is 0 Å². The van der Waals surface area contributed by atoms with Crippen molar-refractivity contribution in [1.29, 1.82) is 0 Å². The molecule has 0 fully saturated rings. The molecule has 13 heavy (non-hydrogen) atoms. The standard InChI is InChI=1S/C13H22/c1-10-7-8-13(6,9-11(10)2)12(3,4)5/h7H,2,8-9H2,1,3-6H3. The van der Waals surface area contributed by atoms with Crippen molar-refractivity contribution in [3.05, 3.63) is 23.8 Å². The van der Waals surface area contributed by atoms with Crippen LogP contribution in [-0.4, -0.2) is 0 Å². The molecule has 0 heterocycles. The first-order chi connectivity index (χ1) is 5.76. The second kappa shape index (κ2) is 3.01. The SMILES string of the molecule is C=C1CC(C)(C(C)(C)C)CC=C1C. The Morgan fingerprint density at radius 2 is 1.92 bits per heavy atom.